The van der Waals surface area contributed by atoms with E-state index in [1.165, 1.54) is 13.1 Å². The Morgan fingerprint density at radius 3 is 2.65 bits per heavy atom. The zero-order valence-electron chi connectivity index (χ0n) is 12.3. The summed E-state index contributed by atoms with van der Waals surface area (Å²) in [4.78, 5) is 2.44. The third-order valence-corrected chi connectivity index (χ3v) is 5.43. The minimum Gasteiger partial charge on any atom is -0.399 e. The average molecular weight is 297 g/mol. The summed E-state index contributed by atoms with van der Waals surface area (Å²) in [6, 6.07) is 5.43. The van der Waals surface area contributed by atoms with Crippen molar-refractivity contribution in [2.75, 3.05) is 24.2 Å². The largest absolute Gasteiger partial charge is 0.399 e. The Bertz CT molecular complexity index is 586. The van der Waals surface area contributed by atoms with E-state index < -0.39 is 10.0 Å². The third-order valence-electron chi connectivity index (χ3n) is 3.99. The molecule has 3 N–H and O–H groups in total. The molecule has 0 saturated carbocycles. The lowest BCUT2D eigenvalue weighted by Gasteiger charge is -2.39. The predicted octanol–water partition coefficient (Wildman–Crippen LogP) is 1.80. The molecule has 20 heavy (non-hydrogen) atoms. The number of nitrogen functional groups attached to an aromatic ring is 1. The van der Waals surface area contributed by atoms with Crippen LogP contribution in [0.15, 0.2) is 23.1 Å². The highest BCUT2D eigenvalue weighted by atomic mass is 32.2. The fourth-order valence-electron chi connectivity index (χ4n) is 2.86. The van der Waals surface area contributed by atoms with E-state index in [-0.39, 0.29) is 4.90 Å². The van der Waals surface area contributed by atoms with Gasteiger partial charge in [-0.05, 0) is 50.9 Å². The van der Waals surface area contributed by atoms with Gasteiger partial charge < -0.3 is 10.6 Å². The summed E-state index contributed by atoms with van der Waals surface area (Å²) in [5, 5.41) is 0. The molecule has 1 aliphatic heterocycles. The quantitative estimate of drug-likeness (QED) is 0.834. The maximum Gasteiger partial charge on any atom is 0.242 e. The van der Waals surface area contributed by atoms with E-state index >= 15 is 0 Å². The molecule has 2 atom stereocenters. The van der Waals surface area contributed by atoms with E-state index in [0.717, 1.165) is 25.1 Å². The lowest BCUT2D eigenvalue weighted by atomic mass is 9.93. The zero-order valence-corrected chi connectivity index (χ0v) is 13.1. The van der Waals surface area contributed by atoms with Gasteiger partial charge in [-0.2, -0.15) is 0 Å². The molecule has 1 heterocycles. The van der Waals surface area contributed by atoms with Crippen LogP contribution in [0.1, 0.15) is 26.7 Å². The Hall–Kier alpha value is -1.27. The Labute approximate surface area is 121 Å². The monoisotopic (exact) mass is 297 g/mol. The molecule has 0 aromatic heterocycles. The van der Waals surface area contributed by atoms with Crippen LogP contribution in [0.2, 0.25) is 0 Å². The first-order valence-electron chi connectivity index (χ1n) is 6.95. The van der Waals surface area contributed by atoms with E-state index in [2.05, 4.69) is 23.5 Å². The molecule has 1 fully saturated rings. The molecule has 1 saturated heterocycles. The van der Waals surface area contributed by atoms with Crippen molar-refractivity contribution in [3.05, 3.63) is 18.2 Å². The predicted molar refractivity (Wildman–Crippen MR) is 82.3 cm³/mol. The van der Waals surface area contributed by atoms with E-state index in [1.54, 1.807) is 6.07 Å². The van der Waals surface area contributed by atoms with Crippen LogP contribution >= 0.6 is 0 Å². The van der Waals surface area contributed by atoms with Gasteiger partial charge >= 0.3 is 0 Å². The minimum absolute atomic E-state index is 0.265. The van der Waals surface area contributed by atoms with Gasteiger partial charge in [0.2, 0.25) is 10.0 Å². The number of nitrogens with two attached hydrogens (primary N) is 1. The van der Waals surface area contributed by atoms with Crippen LogP contribution in [0.25, 0.3) is 0 Å². The number of hydrogen-bond acceptors (Lipinski definition) is 4. The van der Waals surface area contributed by atoms with E-state index in [0.29, 0.717) is 17.6 Å². The van der Waals surface area contributed by atoms with Crippen molar-refractivity contribution in [2.45, 2.75) is 37.6 Å². The fraction of sp³-hybridized carbons (Fsp3) is 0.571. The highest BCUT2D eigenvalue weighted by Gasteiger charge is 2.27. The minimum atomic E-state index is -3.51. The molecule has 0 radical (unpaired) electrons. The van der Waals surface area contributed by atoms with Crippen molar-refractivity contribution in [2.24, 2.45) is 5.92 Å². The topological polar surface area (TPSA) is 75.4 Å². The third kappa shape index (κ3) is 2.91. The van der Waals surface area contributed by atoms with Crippen molar-refractivity contribution in [1.82, 2.24) is 4.72 Å². The van der Waals surface area contributed by atoms with Crippen LogP contribution < -0.4 is 15.4 Å². The zero-order chi connectivity index (χ0) is 14.9. The lowest BCUT2D eigenvalue weighted by Crippen LogP contribution is -2.41. The summed E-state index contributed by atoms with van der Waals surface area (Å²) in [5.74, 6) is 0.680. The van der Waals surface area contributed by atoms with Crippen molar-refractivity contribution in [3.8, 4) is 0 Å². The molecule has 5 nitrogen and oxygen atoms in total. The molecule has 0 bridgehead atoms. The highest BCUT2D eigenvalue weighted by molar-refractivity contribution is 7.89. The Kier molecular flexibility index (Phi) is 4.25. The Balaban J connectivity index is 2.47. The first kappa shape index (κ1) is 15.1. The second-order valence-electron chi connectivity index (χ2n) is 5.61. The molecule has 6 heteroatoms. The number of piperidine rings is 1. The number of sulfonamides is 1. The summed E-state index contributed by atoms with van der Waals surface area (Å²) < 4.78 is 26.8. The number of benzene rings is 1. The molecule has 1 aliphatic rings. The van der Waals surface area contributed by atoms with Gasteiger partial charge in [-0.1, -0.05) is 6.92 Å². The number of hydrogen-bond donors (Lipinski definition) is 2. The van der Waals surface area contributed by atoms with Gasteiger partial charge in [-0.3, -0.25) is 0 Å². The van der Waals surface area contributed by atoms with Gasteiger partial charge in [0.05, 0.1) is 5.69 Å². The van der Waals surface area contributed by atoms with Gasteiger partial charge in [-0.25, -0.2) is 13.1 Å². The summed E-state index contributed by atoms with van der Waals surface area (Å²) in [7, 11) is -2.09. The first-order chi connectivity index (χ1) is 9.35. The second kappa shape index (κ2) is 5.61. The molecule has 1 aromatic carbocycles. The standard InChI is InChI=1S/C14H23N3O2S/c1-10-6-7-17(11(2)8-10)13-5-4-12(15)9-14(13)20(18,19)16-3/h4-5,9-11,16H,6-8,15H2,1-3H3. The normalized spacial score (nSPS) is 23.9. The molecule has 2 unspecified atom stereocenters. The van der Waals surface area contributed by atoms with Crippen LogP contribution in [0.4, 0.5) is 11.4 Å². The van der Waals surface area contributed by atoms with E-state index in [1.807, 2.05) is 6.07 Å². The summed E-state index contributed by atoms with van der Waals surface area (Å²) in [5.41, 5.74) is 6.96. The summed E-state index contributed by atoms with van der Waals surface area (Å²) >= 11 is 0. The lowest BCUT2D eigenvalue weighted by molar-refractivity contribution is 0.376. The highest BCUT2D eigenvalue weighted by Crippen LogP contribution is 2.33. The van der Waals surface area contributed by atoms with Crippen molar-refractivity contribution in [1.29, 1.82) is 0 Å². The molecular formula is C14H23N3O2S. The van der Waals surface area contributed by atoms with Crippen molar-refractivity contribution in [3.63, 3.8) is 0 Å². The number of nitrogens with one attached hydrogen (secondary N) is 1. The van der Waals surface area contributed by atoms with Crippen LogP contribution in [-0.4, -0.2) is 28.1 Å². The number of rotatable bonds is 3. The molecule has 0 spiro atoms. The molecular weight excluding hydrogens is 274 g/mol. The number of nitrogens with zero attached hydrogens (tertiary/aromatic N) is 1. The van der Waals surface area contributed by atoms with E-state index in [4.69, 9.17) is 5.73 Å². The van der Waals surface area contributed by atoms with Gasteiger partial charge in [0.25, 0.3) is 0 Å². The summed E-state index contributed by atoms with van der Waals surface area (Å²) in [6.45, 7) is 5.25. The molecule has 1 aromatic rings. The molecule has 0 aliphatic carbocycles. The van der Waals surface area contributed by atoms with Crippen LogP contribution in [0, 0.1) is 5.92 Å². The van der Waals surface area contributed by atoms with Crippen LogP contribution in [-0.2, 0) is 10.0 Å². The van der Waals surface area contributed by atoms with Crippen LogP contribution in [0.3, 0.4) is 0 Å². The molecule has 112 valence electrons. The molecule has 0 amide bonds. The SMILES string of the molecule is CNS(=O)(=O)c1cc(N)ccc1N1CCC(C)CC1C. The van der Waals surface area contributed by atoms with Gasteiger partial charge in [0.1, 0.15) is 4.90 Å². The number of anilines is 2. The second-order valence-corrected chi connectivity index (χ2v) is 7.46. The van der Waals surface area contributed by atoms with Crippen molar-refractivity contribution >= 4 is 21.4 Å². The van der Waals surface area contributed by atoms with Gasteiger partial charge in [0.15, 0.2) is 0 Å². The molecule has 2 rings (SSSR count). The van der Waals surface area contributed by atoms with E-state index in [9.17, 15) is 8.42 Å². The Morgan fingerprint density at radius 1 is 1.35 bits per heavy atom. The fourth-order valence-corrected chi connectivity index (χ4v) is 3.83. The smallest absolute Gasteiger partial charge is 0.242 e. The van der Waals surface area contributed by atoms with Crippen molar-refractivity contribution < 1.29 is 8.42 Å². The summed E-state index contributed by atoms with van der Waals surface area (Å²) in [6.07, 6.45) is 2.15. The van der Waals surface area contributed by atoms with Crippen LogP contribution in [0.5, 0.6) is 0 Å². The Morgan fingerprint density at radius 2 is 2.05 bits per heavy atom. The van der Waals surface area contributed by atoms with Gasteiger partial charge in [-0.15, -0.1) is 0 Å². The maximum absolute atomic E-state index is 12.2. The maximum atomic E-state index is 12.2. The average Bonchev–Trinajstić information content (AvgIpc) is 2.39. The first-order valence-corrected chi connectivity index (χ1v) is 8.43. The van der Waals surface area contributed by atoms with Gasteiger partial charge in [0, 0.05) is 18.3 Å².